The fraction of sp³-hybridized carbons (Fsp3) is 0.357. The number of nitrogens with zero attached hydrogens (tertiary/aromatic N) is 6. The SMILES string of the molecule is CN(C)C(N(C)C)N(c1cccnc1)c1cncnc1. The van der Waals surface area contributed by atoms with Crippen LogP contribution < -0.4 is 4.90 Å². The quantitative estimate of drug-likeness (QED) is 0.767. The van der Waals surface area contributed by atoms with Gasteiger partial charge in [0, 0.05) is 6.20 Å². The second-order valence-corrected chi connectivity index (χ2v) is 4.95. The van der Waals surface area contributed by atoms with Crippen LogP contribution in [0.5, 0.6) is 0 Å². The van der Waals surface area contributed by atoms with Crippen LogP contribution in [0.15, 0.2) is 43.2 Å². The van der Waals surface area contributed by atoms with E-state index in [1.807, 2.05) is 46.5 Å². The van der Waals surface area contributed by atoms with Crippen molar-refractivity contribution in [2.45, 2.75) is 6.29 Å². The van der Waals surface area contributed by atoms with Gasteiger partial charge in [-0.25, -0.2) is 9.97 Å². The van der Waals surface area contributed by atoms with E-state index in [2.05, 4.69) is 29.7 Å². The highest BCUT2D eigenvalue weighted by Crippen LogP contribution is 2.27. The van der Waals surface area contributed by atoms with E-state index in [0.29, 0.717) is 0 Å². The second kappa shape index (κ2) is 6.40. The van der Waals surface area contributed by atoms with E-state index in [4.69, 9.17) is 0 Å². The number of rotatable bonds is 5. The zero-order chi connectivity index (χ0) is 14.5. The Morgan fingerprint density at radius 2 is 1.45 bits per heavy atom. The Kier molecular flexibility index (Phi) is 4.60. The third-order valence-corrected chi connectivity index (χ3v) is 2.90. The molecule has 0 amide bonds. The van der Waals surface area contributed by atoms with Crippen LogP contribution in [0.2, 0.25) is 0 Å². The van der Waals surface area contributed by atoms with Crippen LogP contribution in [-0.4, -0.2) is 59.2 Å². The van der Waals surface area contributed by atoms with Gasteiger partial charge in [-0.1, -0.05) is 0 Å². The van der Waals surface area contributed by atoms with Crippen molar-refractivity contribution in [3.05, 3.63) is 43.2 Å². The van der Waals surface area contributed by atoms with Gasteiger partial charge in [-0.05, 0) is 40.3 Å². The van der Waals surface area contributed by atoms with Gasteiger partial charge < -0.3 is 4.90 Å². The lowest BCUT2D eigenvalue weighted by Gasteiger charge is -2.40. The van der Waals surface area contributed by atoms with Crippen LogP contribution in [0.25, 0.3) is 0 Å². The summed E-state index contributed by atoms with van der Waals surface area (Å²) in [5, 5.41) is 0. The van der Waals surface area contributed by atoms with Gasteiger partial charge in [-0.15, -0.1) is 0 Å². The van der Waals surface area contributed by atoms with Crippen molar-refractivity contribution in [3.8, 4) is 0 Å². The van der Waals surface area contributed by atoms with Crippen molar-refractivity contribution >= 4 is 11.4 Å². The molecular weight excluding hydrogens is 252 g/mol. The Labute approximate surface area is 119 Å². The predicted molar refractivity (Wildman–Crippen MR) is 79.6 cm³/mol. The van der Waals surface area contributed by atoms with Gasteiger partial charge >= 0.3 is 0 Å². The van der Waals surface area contributed by atoms with Crippen molar-refractivity contribution in [3.63, 3.8) is 0 Å². The average Bonchev–Trinajstić information content (AvgIpc) is 2.45. The minimum atomic E-state index is 0.0326. The highest BCUT2D eigenvalue weighted by Gasteiger charge is 2.25. The van der Waals surface area contributed by atoms with Crippen LogP contribution in [-0.2, 0) is 0 Å². The minimum absolute atomic E-state index is 0.0326. The Morgan fingerprint density at radius 1 is 0.850 bits per heavy atom. The molecule has 2 heterocycles. The molecule has 0 fully saturated rings. The molecule has 106 valence electrons. The number of aromatic nitrogens is 3. The lowest BCUT2D eigenvalue weighted by molar-refractivity contribution is 0.135. The molecule has 0 unspecified atom stereocenters. The zero-order valence-corrected chi connectivity index (χ0v) is 12.3. The largest absolute Gasteiger partial charge is 0.308 e. The number of pyridine rings is 1. The minimum Gasteiger partial charge on any atom is -0.308 e. The summed E-state index contributed by atoms with van der Waals surface area (Å²) in [7, 11) is 8.16. The van der Waals surface area contributed by atoms with Gasteiger partial charge in [0.15, 0.2) is 0 Å². The molecule has 6 nitrogen and oxygen atoms in total. The molecule has 0 spiro atoms. The van der Waals surface area contributed by atoms with Crippen molar-refractivity contribution in [2.24, 2.45) is 0 Å². The van der Waals surface area contributed by atoms with Crippen LogP contribution in [0.3, 0.4) is 0 Å². The van der Waals surface area contributed by atoms with Crippen molar-refractivity contribution in [1.82, 2.24) is 24.8 Å². The Bertz CT molecular complexity index is 466. The summed E-state index contributed by atoms with van der Waals surface area (Å²) in [6.45, 7) is 0. The fourth-order valence-corrected chi connectivity index (χ4v) is 2.25. The van der Waals surface area contributed by atoms with Crippen LogP contribution >= 0.6 is 0 Å². The van der Waals surface area contributed by atoms with Gasteiger partial charge in [-0.3, -0.25) is 14.8 Å². The summed E-state index contributed by atoms with van der Waals surface area (Å²) in [6.07, 6.45) is 8.78. The first-order valence-corrected chi connectivity index (χ1v) is 6.38. The third-order valence-electron chi connectivity index (χ3n) is 2.90. The normalized spacial score (nSPS) is 11.3. The number of hydrogen-bond acceptors (Lipinski definition) is 6. The second-order valence-electron chi connectivity index (χ2n) is 4.95. The summed E-state index contributed by atoms with van der Waals surface area (Å²) in [5.41, 5.74) is 1.92. The van der Waals surface area contributed by atoms with E-state index >= 15 is 0 Å². The van der Waals surface area contributed by atoms with Gasteiger partial charge in [0.1, 0.15) is 12.6 Å². The Morgan fingerprint density at radius 3 is 1.95 bits per heavy atom. The molecule has 0 aliphatic carbocycles. The maximum Gasteiger partial charge on any atom is 0.143 e. The lowest BCUT2D eigenvalue weighted by Crippen LogP contribution is -2.51. The van der Waals surface area contributed by atoms with E-state index in [0.717, 1.165) is 11.4 Å². The standard InChI is InChI=1S/C14H20N6/c1-18(2)14(19(3)4)20(12-6-5-7-15-8-12)13-9-16-11-17-10-13/h5-11,14H,1-4H3. The van der Waals surface area contributed by atoms with E-state index in [-0.39, 0.29) is 6.29 Å². The third kappa shape index (κ3) is 3.09. The summed E-state index contributed by atoms with van der Waals surface area (Å²) in [5.74, 6) is 0. The van der Waals surface area contributed by atoms with E-state index in [1.165, 1.54) is 6.33 Å². The van der Waals surface area contributed by atoms with Gasteiger partial charge in [0.2, 0.25) is 0 Å². The average molecular weight is 272 g/mol. The molecule has 2 aromatic rings. The highest BCUT2D eigenvalue weighted by atomic mass is 15.5. The molecule has 6 heteroatoms. The van der Waals surface area contributed by atoms with Gasteiger partial charge in [-0.2, -0.15) is 0 Å². The van der Waals surface area contributed by atoms with Crippen molar-refractivity contribution in [1.29, 1.82) is 0 Å². The fourth-order valence-electron chi connectivity index (χ4n) is 2.25. The molecule has 20 heavy (non-hydrogen) atoms. The molecule has 2 aromatic heterocycles. The lowest BCUT2D eigenvalue weighted by atomic mass is 10.3. The van der Waals surface area contributed by atoms with Crippen molar-refractivity contribution < 1.29 is 0 Å². The predicted octanol–water partition coefficient (Wildman–Crippen LogP) is 1.42. The molecule has 0 N–H and O–H groups in total. The van der Waals surface area contributed by atoms with Gasteiger partial charge in [0.05, 0.1) is 30.0 Å². The summed E-state index contributed by atoms with van der Waals surface area (Å²) >= 11 is 0. The molecule has 0 atom stereocenters. The molecule has 0 saturated heterocycles. The molecule has 0 aliphatic rings. The molecule has 0 bridgehead atoms. The van der Waals surface area contributed by atoms with E-state index in [9.17, 15) is 0 Å². The Balaban J connectivity index is 2.49. The van der Waals surface area contributed by atoms with Crippen LogP contribution in [0.4, 0.5) is 11.4 Å². The first kappa shape index (κ1) is 14.4. The summed E-state index contributed by atoms with van der Waals surface area (Å²) < 4.78 is 0. The van der Waals surface area contributed by atoms with Crippen LogP contribution in [0, 0.1) is 0 Å². The molecule has 0 saturated carbocycles. The molecule has 2 rings (SSSR count). The zero-order valence-electron chi connectivity index (χ0n) is 12.3. The monoisotopic (exact) mass is 272 g/mol. The number of anilines is 2. The van der Waals surface area contributed by atoms with Crippen molar-refractivity contribution in [2.75, 3.05) is 33.1 Å². The topological polar surface area (TPSA) is 48.4 Å². The summed E-state index contributed by atoms with van der Waals surface area (Å²) in [4.78, 5) is 18.9. The Hall–Kier alpha value is -2.05. The maximum atomic E-state index is 4.21. The van der Waals surface area contributed by atoms with E-state index < -0.39 is 0 Å². The molecular formula is C14H20N6. The number of hydrogen-bond donors (Lipinski definition) is 0. The molecule has 0 aliphatic heterocycles. The van der Waals surface area contributed by atoms with E-state index in [1.54, 1.807) is 18.6 Å². The molecule has 0 aromatic carbocycles. The smallest absolute Gasteiger partial charge is 0.143 e. The maximum absolute atomic E-state index is 4.21. The first-order valence-electron chi connectivity index (χ1n) is 6.38. The van der Waals surface area contributed by atoms with Gasteiger partial charge in [0.25, 0.3) is 0 Å². The van der Waals surface area contributed by atoms with Crippen LogP contribution in [0.1, 0.15) is 0 Å². The highest BCUT2D eigenvalue weighted by molar-refractivity contribution is 5.61. The first-order chi connectivity index (χ1) is 9.61. The summed E-state index contributed by atoms with van der Waals surface area (Å²) in [6, 6.07) is 3.95. The molecule has 0 radical (unpaired) electrons.